The molecule has 0 atom stereocenters. The second-order valence-corrected chi connectivity index (χ2v) is 6.49. The number of nitrogens with zero attached hydrogens (tertiary/aromatic N) is 1. The monoisotopic (exact) mass is 368 g/mol. The Morgan fingerprint density at radius 1 is 0.964 bits per heavy atom. The van der Waals surface area contributed by atoms with Crippen LogP contribution in [0.4, 0.5) is 0 Å². The SMILES string of the molecule is C[n+]1c2ccccc2c(C(=O)Oc2ccccc2)c2cccc(CC=C=O)c21. The first-order valence-corrected chi connectivity index (χ1v) is 8.99. The minimum Gasteiger partial charge on any atom is -0.423 e. The number of aromatic nitrogens is 1. The van der Waals surface area contributed by atoms with Crippen LogP contribution in [-0.2, 0) is 18.3 Å². The van der Waals surface area contributed by atoms with Crippen LogP contribution >= 0.6 is 0 Å². The number of esters is 1. The highest BCUT2D eigenvalue weighted by atomic mass is 16.5. The van der Waals surface area contributed by atoms with E-state index in [2.05, 4.69) is 4.57 Å². The predicted molar refractivity (Wildman–Crippen MR) is 108 cm³/mol. The Morgan fingerprint density at radius 3 is 2.46 bits per heavy atom. The highest BCUT2D eigenvalue weighted by molar-refractivity contribution is 6.13. The minimum absolute atomic E-state index is 0.406. The molecule has 0 amide bonds. The lowest BCUT2D eigenvalue weighted by molar-refractivity contribution is -0.618. The Labute approximate surface area is 162 Å². The van der Waals surface area contributed by atoms with Crippen LogP contribution in [0.1, 0.15) is 15.9 Å². The number of benzene rings is 3. The summed E-state index contributed by atoms with van der Waals surface area (Å²) in [4.78, 5) is 23.9. The summed E-state index contributed by atoms with van der Waals surface area (Å²) < 4.78 is 7.71. The fraction of sp³-hybridized carbons (Fsp3) is 0.0833. The number of carbonyl (C=O) groups excluding carboxylic acids is 2. The van der Waals surface area contributed by atoms with Gasteiger partial charge in [-0.15, -0.1) is 0 Å². The summed E-state index contributed by atoms with van der Waals surface area (Å²) >= 11 is 0. The first-order chi connectivity index (χ1) is 13.7. The number of para-hydroxylation sites is 3. The molecular formula is C24H18NO3+. The standard InChI is InChI=1S/C24H18NO3/c1-25-21-15-6-5-13-19(21)22(24(27)28-18-11-3-2-4-12-18)20-14-7-9-17(23(20)25)10-8-16-26/h2-9,11-15H,10H2,1H3/q+1. The van der Waals surface area contributed by atoms with Crippen molar-refractivity contribution in [3.63, 3.8) is 0 Å². The first-order valence-electron chi connectivity index (χ1n) is 8.99. The van der Waals surface area contributed by atoms with Crippen LogP contribution in [0.5, 0.6) is 5.75 Å². The molecule has 136 valence electrons. The predicted octanol–water partition coefficient (Wildman–Crippen LogP) is 3.97. The van der Waals surface area contributed by atoms with Crippen molar-refractivity contribution in [2.75, 3.05) is 0 Å². The van der Waals surface area contributed by atoms with E-state index >= 15 is 0 Å². The average molecular weight is 368 g/mol. The molecule has 0 saturated heterocycles. The molecule has 4 rings (SSSR count). The Hall–Kier alpha value is -3.75. The quantitative estimate of drug-likeness (QED) is 0.180. The summed E-state index contributed by atoms with van der Waals surface area (Å²) in [5.74, 6) is 1.92. The topological polar surface area (TPSA) is 47.2 Å². The van der Waals surface area contributed by atoms with Gasteiger partial charge in [-0.05, 0) is 24.3 Å². The summed E-state index contributed by atoms with van der Waals surface area (Å²) in [5, 5.41) is 1.61. The number of pyridine rings is 1. The van der Waals surface area contributed by atoms with Gasteiger partial charge in [-0.25, -0.2) is 9.59 Å². The molecule has 0 aliphatic heterocycles. The molecule has 1 heterocycles. The fourth-order valence-electron chi connectivity index (χ4n) is 3.62. The molecule has 4 heteroatoms. The van der Waals surface area contributed by atoms with Crippen molar-refractivity contribution < 1.29 is 18.9 Å². The number of carbonyl (C=O) groups is 1. The lowest BCUT2D eigenvalue weighted by atomic mass is 9.98. The largest absolute Gasteiger partial charge is 0.423 e. The van der Waals surface area contributed by atoms with E-state index in [1.54, 1.807) is 12.1 Å². The second kappa shape index (κ2) is 7.47. The minimum atomic E-state index is -0.406. The summed E-state index contributed by atoms with van der Waals surface area (Å²) in [6.07, 6.45) is 1.89. The Bertz CT molecular complexity index is 1240. The molecule has 0 aliphatic carbocycles. The molecule has 0 fully saturated rings. The zero-order valence-corrected chi connectivity index (χ0v) is 15.4. The van der Waals surface area contributed by atoms with Crippen LogP contribution in [0.2, 0.25) is 0 Å². The van der Waals surface area contributed by atoms with Crippen LogP contribution in [0, 0.1) is 0 Å². The van der Waals surface area contributed by atoms with E-state index in [0.717, 1.165) is 27.4 Å². The molecule has 0 radical (unpaired) electrons. The fourth-order valence-corrected chi connectivity index (χ4v) is 3.62. The van der Waals surface area contributed by atoms with Gasteiger partial charge in [-0.2, -0.15) is 4.57 Å². The number of allylic oxidation sites excluding steroid dienone is 1. The maximum absolute atomic E-state index is 13.2. The van der Waals surface area contributed by atoms with Gasteiger partial charge in [0.2, 0.25) is 11.0 Å². The molecule has 3 aromatic carbocycles. The Morgan fingerprint density at radius 2 is 1.68 bits per heavy atom. The van der Waals surface area contributed by atoms with Crippen LogP contribution in [0.15, 0.2) is 78.9 Å². The summed E-state index contributed by atoms with van der Waals surface area (Å²) in [7, 11) is 1.96. The van der Waals surface area contributed by atoms with E-state index in [9.17, 15) is 9.59 Å². The van der Waals surface area contributed by atoms with Gasteiger partial charge >= 0.3 is 5.97 Å². The smallest absolute Gasteiger partial charge is 0.345 e. The Kier molecular flexibility index (Phi) is 4.71. The van der Waals surface area contributed by atoms with Gasteiger partial charge in [-0.1, -0.05) is 42.5 Å². The molecule has 4 aromatic rings. The maximum atomic E-state index is 13.2. The highest BCUT2D eigenvalue weighted by Crippen LogP contribution is 2.28. The lowest BCUT2D eigenvalue weighted by Gasteiger charge is -2.11. The molecule has 1 aromatic heterocycles. The van der Waals surface area contributed by atoms with E-state index in [-0.39, 0.29) is 0 Å². The number of aryl methyl sites for hydroxylation is 1. The van der Waals surface area contributed by atoms with Gasteiger partial charge in [0.25, 0.3) is 0 Å². The summed E-state index contributed by atoms with van der Waals surface area (Å²) in [6, 6.07) is 22.5. The third-order valence-electron chi connectivity index (χ3n) is 4.82. The molecule has 0 spiro atoms. The zero-order valence-electron chi connectivity index (χ0n) is 15.4. The van der Waals surface area contributed by atoms with E-state index in [1.165, 1.54) is 6.08 Å². The van der Waals surface area contributed by atoms with Gasteiger partial charge in [0.15, 0.2) is 0 Å². The maximum Gasteiger partial charge on any atom is 0.345 e. The number of fused-ring (bicyclic) bond motifs is 2. The second-order valence-electron chi connectivity index (χ2n) is 6.49. The van der Waals surface area contributed by atoms with Gasteiger partial charge in [0, 0.05) is 24.1 Å². The highest BCUT2D eigenvalue weighted by Gasteiger charge is 2.25. The Balaban J connectivity index is 2.01. The molecule has 0 N–H and O–H groups in total. The van der Waals surface area contributed by atoms with Crippen LogP contribution in [0.25, 0.3) is 21.8 Å². The first kappa shape index (κ1) is 17.7. The lowest BCUT2D eigenvalue weighted by Crippen LogP contribution is -2.32. The number of hydrogen-bond donors (Lipinski definition) is 0. The number of ether oxygens (including phenoxy) is 1. The van der Waals surface area contributed by atoms with Crippen molar-refractivity contribution in [2.24, 2.45) is 7.05 Å². The van der Waals surface area contributed by atoms with Crippen molar-refractivity contribution in [1.29, 1.82) is 0 Å². The van der Waals surface area contributed by atoms with Gasteiger partial charge in [-0.3, -0.25) is 0 Å². The van der Waals surface area contributed by atoms with E-state index in [4.69, 9.17) is 4.74 Å². The molecule has 0 aliphatic rings. The molecule has 28 heavy (non-hydrogen) atoms. The molecule has 0 unspecified atom stereocenters. The third kappa shape index (κ3) is 3.07. The van der Waals surface area contributed by atoms with E-state index in [0.29, 0.717) is 17.7 Å². The van der Waals surface area contributed by atoms with Gasteiger partial charge in [0.05, 0.1) is 16.3 Å². The van der Waals surface area contributed by atoms with E-state index < -0.39 is 5.97 Å². The third-order valence-corrected chi connectivity index (χ3v) is 4.82. The van der Waals surface area contributed by atoms with Gasteiger partial charge in [0.1, 0.15) is 18.7 Å². The van der Waals surface area contributed by atoms with Crippen molar-refractivity contribution in [1.82, 2.24) is 0 Å². The van der Waals surface area contributed by atoms with Crippen LogP contribution in [0.3, 0.4) is 0 Å². The molecule has 0 saturated carbocycles. The summed E-state index contributed by atoms with van der Waals surface area (Å²) in [5.41, 5.74) is 3.28. The van der Waals surface area contributed by atoms with Crippen LogP contribution < -0.4 is 9.30 Å². The van der Waals surface area contributed by atoms with Crippen molar-refractivity contribution in [3.8, 4) is 5.75 Å². The number of hydrogen-bond acceptors (Lipinski definition) is 3. The summed E-state index contributed by atoms with van der Waals surface area (Å²) in [6.45, 7) is 0. The molecule has 0 bridgehead atoms. The van der Waals surface area contributed by atoms with Crippen molar-refractivity contribution in [3.05, 3.63) is 90.0 Å². The van der Waals surface area contributed by atoms with E-state index in [1.807, 2.05) is 73.7 Å². The van der Waals surface area contributed by atoms with Crippen molar-refractivity contribution in [2.45, 2.75) is 6.42 Å². The van der Waals surface area contributed by atoms with Gasteiger partial charge < -0.3 is 4.74 Å². The molecular weight excluding hydrogens is 350 g/mol. The normalized spacial score (nSPS) is 10.6. The van der Waals surface area contributed by atoms with Crippen molar-refractivity contribution >= 4 is 33.7 Å². The van der Waals surface area contributed by atoms with Crippen LogP contribution in [-0.4, -0.2) is 11.9 Å². The zero-order chi connectivity index (χ0) is 19.5. The number of rotatable bonds is 4. The average Bonchev–Trinajstić information content (AvgIpc) is 2.73. The molecule has 4 nitrogen and oxygen atoms in total.